The molecule has 0 saturated heterocycles. The van der Waals surface area contributed by atoms with Crippen molar-refractivity contribution >= 4 is 27.5 Å². The lowest BCUT2D eigenvalue weighted by atomic mass is 10.1. The zero-order valence-electron chi connectivity index (χ0n) is 23.9. The first kappa shape index (κ1) is 29.9. The Morgan fingerprint density at radius 1 is 0.795 bits per heavy atom. The average Bonchev–Trinajstić information content (AvgIpc) is 2.86. The van der Waals surface area contributed by atoms with Crippen LogP contribution in [-0.2, 0) is 26.2 Å². The fraction of sp³-hybridized carbons (Fsp3) is 0.355. The van der Waals surface area contributed by atoms with Gasteiger partial charge in [-0.05, 0) is 78.3 Å². The van der Waals surface area contributed by atoms with E-state index in [9.17, 15) is 18.0 Å². The Labute approximate surface area is 232 Å². The maximum Gasteiger partial charge on any atom is 0.264 e. The van der Waals surface area contributed by atoms with Crippen molar-refractivity contribution in [1.82, 2.24) is 10.2 Å². The fourth-order valence-corrected chi connectivity index (χ4v) is 5.44. The molecule has 0 bridgehead atoms. The van der Waals surface area contributed by atoms with Crippen LogP contribution in [0.5, 0.6) is 0 Å². The summed E-state index contributed by atoms with van der Waals surface area (Å²) >= 11 is 0. The number of nitrogens with one attached hydrogen (secondary N) is 1. The first-order valence-corrected chi connectivity index (χ1v) is 14.4. The van der Waals surface area contributed by atoms with Crippen molar-refractivity contribution in [1.29, 1.82) is 0 Å². The molecule has 0 heterocycles. The minimum absolute atomic E-state index is 0.0880. The summed E-state index contributed by atoms with van der Waals surface area (Å²) in [6, 6.07) is 20.4. The molecule has 0 aliphatic carbocycles. The van der Waals surface area contributed by atoms with Gasteiger partial charge in [-0.3, -0.25) is 13.9 Å². The Morgan fingerprint density at radius 3 is 1.74 bits per heavy atom. The summed E-state index contributed by atoms with van der Waals surface area (Å²) < 4.78 is 28.8. The molecule has 1 unspecified atom stereocenters. The van der Waals surface area contributed by atoms with Crippen LogP contribution in [0.2, 0.25) is 0 Å². The van der Waals surface area contributed by atoms with E-state index in [4.69, 9.17) is 0 Å². The van der Waals surface area contributed by atoms with E-state index in [1.54, 1.807) is 55.5 Å². The Bertz CT molecular complexity index is 1390. The quantitative estimate of drug-likeness (QED) is 0.401. The predicted molar refractivity (Wildman–Crippen MR) is 156 cm³/mol. The number of aryl methyl sites for hydroxylation is 3. The molecular formula is C31H39N3O4S. The maximum atomic E-state index is 13.9. The lowest BCUT2D eigenvalue weighted by Crippen LogP contribution is -2.54. The molecule has 3 aromatic rings. The third kappa shape index (κ3) is 7.93. The fourth-order valence-electron chi connectivity index (χ4n) is 4.02. The highest BCUT2D eigenvalue weighted by atomic mass is 32.2. The van der Waals surface area contributed by atoms with Crippen LogP contribution < -0.4 is 9.62 Å². The molecule has 3 rings (SSSR count). The molecule has 7 nitrogen and oxygen atoms in total. The highest BCUT2D eigenvalue weighted by molar-refractivity contribution is 7.92. The van der Waals surface area contributed by atoms with E-state index in [1.807, 2.05) is 65.8 Å². The number of anilines is 1. The van der Waals surface area contributed by atoms with Crippen LogP contribution in [0.3, 0.4) is 0 Å². The lowest BCUT2D eigenvalue weighted by molar-refractivity contribution is -0.140. The Balaban J connectivity index is 2.02. The second-order valence-electron chi connectivity index (χ2n) is 11.1. The summed E-state index contributed by atoms with van der Waals surface area (Å²) in [6.07, 6.45) is 0. The lowest BCUT2D eigenvalue weighted by Gasteiger charge is -2.33. The summed E-state index contributed by atoms with van der Waals surface area (Å²) in [5.41, 5.74) is 3.68. The number of hydrogen-bond acceptors (Lipinski definition) is 4. The van der Waals surface area contributed by atoms with Crippen molar-refractivity contribution in [2.75, 3.05) is 10.8 Å². The van der Waals surface area contributed by atoms with Gasteiger partial charge in [0.05, 0.1) is 10.6 Å². The van der Waals surface area contributed by atoms with E-state index < -0.39 is 34.1 Å². The van der Waals surface area contributed by atoms with E-state index >= 15 is 0 Å². The molecule has 0 fully saturated rings. The van der Waals surface area contributed by atoms with Gasteiger partial charge in [0, 0.05) is 12.1 Å². The van der Waals surface area contributed by atoms with Crippen molar-refractivity contribution in [2.45, 2.75) is 71.5 Å². The van der Waals surface area contributed by atoms with Crippen molar-refractivity contribution in [3.8, 4) is 0 Å². The molecular weight excluding hydrogens is 510 g/mol. The van der Waals surface area contributed by atoms with Crippen LogP contribution in [0.1, 0.15) is 49.9 Å². The van der Waals surface area contributed by atoms with Crippen molar-refractivity contribution in [3.63, 3.8) is 0 Å². The largest absolute Gasteiger partial charge is 0.350 e. The molecule has 0 spiro atoms. The number of nitrogens with zero attached hydrogens (tertiary/aromatic N) is 2. The van der Waals surface area contributed by atoms with Gasteiger partial charge in [0.25, 0.3) is 10.0 Å². The van der Waals surface area contributed by atoms with Gasteiger partial charge in [0.2, 0.25) is 11.8 Å². The SMILES string of the molecule is Cc1ccc(CN(C(=O)CN(c2ccc(C)cc2)S(=O)(=O)c2ccc(C)cc2)C(C)C(=O)NC(C)(C)C)cc1. The van der Waals surface area contributed by atoms with E-state index in [1.165, 1.54) is 4.90 Å². The number of carbonyl (C=O) groups is 2. The van der Waals surface area contributed by atoms with E-state index in [0.717, 1.165) is 26.6 Å². The summed E-state index contributed by atoms with van der Waals surface area (Å²) in [7, 11) is -4.08. The second kappa shape index (κ2) is 12.0. The topological polar surface area (TPSA) is 86.8 Å². The number of carbonyl (C=O) groups excluding carboxylic acids is 2. The number of hydrogen-bond donors (Lipinski definition) is 1. The van der Waals surface area contributed by atoms with E-state index in [2.05, 4.69) is 5.32 Å². The normalized spacial score (nSPS) is 12.5. The third-order valence-electron chi connectivity index (χ3n) is 6.35. The number of sulfonamides is 1. The number of benzene rings is 3. The molecule has 1 N–H and O–H groups in total. The van der Waals surface area contributed by atoms with Gasteiger partial charge in [0.1, 0.15) is 12.6 Å². The molecule has 208 valence electrons. The molecule has 0 saturated carbocycles. The summed E-state index contributed by atoms with van der Waals surface area (Å²) in [5, 5.41) is 2.94. The molecule has 0 aliphatic heterocycles. The van der Waals surface area contributed by atoms with Crippen LogP contribution in [0, 0.1) is 20.8 Å². The molecule has 2 amide bonds. The van der Waals surface area contributed by atoms with Gasteiger partial charge >= 0.3 is 0 Å². The molecule has 0 radical (unpaired) electrons. The molecule has 0 aliphatic rings. The number of amides is 2. The van der Waals surface area contributed by atoms with Crippen LogP contribution in [0.25, 0.3) is 0 Å². The van der Waals surface area contributed by atoms with Gasteiger partial charge in [-0.15, -0.1) is 0 Å². The van der Waals surface area contributed by atoms with E-state index in [-0.39, 0.29) is 17.3 Å². The highest BCUT2D eigenvalue weighted by Crippen LogP contribution is 2.25. The van der Waals surface area contributed by atoms with Crippen LogP contribution in [0.15, 0.2) is 77.7 Å². The standard InChI is InChI=1S/C31H39N3O4S/c1-22-8-14-26(15-9-22)20-33(25(4)30(36)32-31(5,6)7)29(35)21-34(27-16-10-23(2)11-17-27)39(37,38)28-18-12-24(3)13-19-28/h8-19,25H,20-21H2,1-7H3,(H,32,36). The van der Waals surface area contributed by atoms with Crippen LogP contribution in [-0.4, -0.2) is 43.3 Å². The predicted octanol–water partition coefficient (Wildman–Crippen LogP) is 5.14. The minimum atomic E-state index is -4.08. The smallest absolute Gasteiger partial charge is 0.264 e. The Hall–Kier alpha value is -3.65. The van der Waals surface area contributed by atoms with Gasteiger partial charge in [-0.2, -0.15) is 0 Å². The van der Waals surface area contributed by atoms with Gasteiger partial charge in [-0.25, -0.2) is 8.42 Å². The summed E-state index contributed by atoms with van der Waals surface area (Å²) in [4.78, 5) is 28.6. The zero-order chi connectivity index (χ0) is 29.0. The molecule has 8 heteroatoms. The summed E-state index contributed by atoms with van der Waals surface area (Å²) in [5.74, 6) is -0.797. The highest BCUT2D eigenvalue weighted by Gasteiger charge is 2.33. The maximum absolute atomic E-state index is 13.9. The molecule has 0 aromatic heterocycles. The van der Waals surface area contributed by atoms with Gasteiger partial charge < -0.3 is 10.2 Å². The number of rotatable bonds is 9. The second-order valence-corrected chi connectivity index (χ2v) is 12.9. The minimum Gasteiger partial charge on any atom is -0.350 e. The van der Waals surface area contributed by atoms with Gasteiger partial charge in [0.15, 0.2) is 0 Å². The molecule has 39 heavy (non-hydrogen) atoms. The monoisotopic (exact) mass is 549 g/mol. The summed E-state index contributed by atoms with van der Waals surface area (Å²) in [6.45, 7) is 12.7. The van der Waals surface area contributed by atoms with Crippen LogP contribution in [0.4, 0.5) is 5.69 Å². The van der Waals surface area contributed by atoms with Crippen molar-refractivity contribution in [3.05, 3.63) is 95.1 Å². The Morgan fingerprint density at radius 2 is 1.26 bits per heavy atom. The first-order valence-electron chi connectivity index (χ1n) is 13.0. The van der Waals surface area contributed by atoms with Gasteiger partial charge in [-0.1, -0.05) is 65.2 Å². The van der Waals surface area contributed by atoms with Crippen LogP contribution >= 0.6 is 0 Å². The molecule has 1 atom stereocenters. The molecule has 3 aromatic carbocycles. The average molecular weight is 550 g/mol. The van der Waals surface area contributed by atoms with Crippen molar-refractivity contribution < 1.29 is 18.0 Å². The van der Waals surface area contributed by atoms with E-state index in [0.29, 0.717) is 5.69 Å². The van der Waals surface area contributed by atoms with Crippen molar-refractivity contribution in [2.24, 2.45) is 0 Å². The third-order valence-corrected chi connectivity index (χ3v) is 8.14. The first-order chi connectivity index (χ1) is 18.2. The Kier molecular flexibility index (Phi) is 9.22. The zero-order valence-corrected chi connectivity index (χ0v) is 24.7.